The molecule has 0 fully saturated rings. The molecule has 0 aromatic rings. The number of halogens is 3. The largest absolute Gasteiger partial charge is 0.480 e. The summed E-state index contributed by atoms with van der Waals surface area (Å²) in [5.41, 5.74) is 0. The Morgan fingerprint density at radius 1 is 1.25 bits per heavy atom. The van der Waals surface area contributed by atoms with Crippen molar-refractivity contribution < 1.29 is 32.7 Å². The Morgan fingerprint density at radius 3 is 2.20 bits per heavy atom. The fourth-order valence-electron chi connectivity index (χ4n) is 1.32. The molecule has 0 saturated heterocycles. The number of aliphatic carboxylic acids is 1. The van der Waals surface area contributed by atoms with Crippen LogP contribution in [-0.4, -0.2) is 41.7 Å². The summed E-state index contributed by atoms with van der Waals surface area (Å²) in [6, 6.07) is -1.11. The molecule has 0 heterocycles. The van der Waals surface area contributed by atoms with Crippen molar-refractivity contribution >= 4 is 17.8 Å². The molecule has 9 heteroatoms. The van der Waals surface area contributed by atoms with Crippen LogP contribution in [0, 0.1) is 5.92 Å². The second kappa shape index (κ2) is 7.71. The Balaban J connectivity index is 4.22. The van der Waals surface area contributed by atoms with Crippen LogP contribution in [0.15, 0.2) is 0 Å². The molecule has 0 aliphatic carbocycles. The van der Waals surface area contributed by atoms with E-state index in [2.05, 4.69) is 5.32 Å². The van der Waals surface area contributed by atoms with Crippen LogP contribution in [0.25, 0.3) is 0 Å². The van der Waals surface area contributed by atoms with Gasteiger partial charge in [-0.25, -0.2) is 4.79 Å². The number of carboxylic acid groups (broad SMARTS) is 1. The van der Waals surface area contributed by atoms with Crippen LogP contribution in [-0.2, 0) is 14.4 Å². The molecule has 116 valence electrons. The molecule has 0 radical (unpaired) electrons. The number of carboxylic acids is 1. The molecule has 0 rings (SSSR count). The van der Waals surface area contributed by atoms with Gasteiger partial charge in [-0.15, -0.1) is 0 Å². The predicted octanol–water partition coefficient (Wildman–Crippen LogP) is 0.670. The van der Waals surface area contributed by atoms with E-state index < -0.39 is 43.0 Å². The minimum atomic E-state index is -5.00. The van der Waals surface area contributed by atoms with Crippen molar-refractivity contribution in [2.45, 2.75) is 38.9 Å². The third-order valence-electron chi connectivity index (χ3n) is 2.69. The van der Waals surface area contributed by atoms with E-state index in [0.717, 1.165) is 0 Å². The summed E-state index contributed by atoms with van der Waals surface area (Å²) < 4.78 is 35.6. The first-order valence-corrected chi connectivity index (χ1v) is 5.96. The topological polar surface area (TPSA) is 95.5 Å². The lowest BCUT2D eigenvalue weighted by atomic mass is 9.99. The summed E-state index contributed by atoms with van der Waals surface area (Å²) in [6.07, 6.45) is -4.92. The Labute approximate surface area is 113 Å². The van der Waals surface area contributed by atoms with Crippen LogP contribution in [0.4, 0.5) is 13.2 Å². The van der Waals surface area contributed by atoms with Crippen molar-refractivity contribution in [3.8, 4) is 0 Å². The summed E-state index contributed by atoms with van der Waals surface area (Å²) in [6.45, 7) is 2.86. The van der Waals surface area contributed by atoms with Crippen molar-refractivity contribution in [1.29, 1.82) is 0 Å². The van der Waals surface area contributed by atoms with E-state index >= 15 is 0 Å². The third kappa shape index (κ3) is 6.39. The number of nitrogens with one attached hydrogen (secondary N) is 2. The fraction of sp³-hybridized carbons (Fsp3) is 0.727. The molecule has 6 nitrogen and oxygen atoms in total. The van der Waals surface area contributed by atoms with E-state index in [4.69, 9.17) is 5.11 Å². The average Bonchev–Trinajstić information content (AvgIpc) is 2.33. The van der Waals surface area contributed by atoms with Crippen LogP contribution in [0.3, 0.4) is 0 Å². The number of hydrogen-bond acceptors (Lipinski definition) is 3. The molecule has 0 bridgehead atoms. The van der Waals surface area contributed by atoms with Gasteiger partial charge in [0.05, 0.1) is 0 Å². The van der Waals surface area contributed by atoms with Crippen molar-refractivity contribution in [3.63, 3.8) is 0 Å². The second-order valence-corrected chi connectivity index (χ2v) is 4.27. The first kappa shape index (κ1) is 18.2. The van der Waals surface area contributed by atoms with Crippen molar-refractivity contribution in [1.82, 2.24) is 10.6 Å². The molecule has 0 spiro atoms. The smallest absolute Gasteiger partial charge is 0.471 e. The van der Waals surface area contributed by atoms with Gasteiger partial charge in [-0.1, -0.05) is 20.3 Å². The van der Waals surface area contributed by atoms with Crippen LogP contribution in [0.2, 0.25) is 0 Å². The maximum Gasteiger partial charge on any atom is 0.471 e. The SMILES string of the molecule is CCC(C)C(NC(=O)CCNC(=O)C(F)(F)F)C(=O)O. The van der Waals surface area contributed by atoms with Gasteiger partial charge in [-0.2, -0.15) is 13.2 Å². The van der Waals surface area contributed by atoms with Gasteiger partial charge in [-0.3, -0.25) is 9.59 Å². The number of hydrogen-bond donors (Lipinski definition) is 3. The predicted molar refractivity (Wildman–Crippen MR) is 62.7 cm³/mol. The monoisotopic (exact) mass is 298 g/mol. The summed E-state index contributed by atoms with van der Waals surface area (Å²) >= 11 is 0. The van der Waals surface area contributed by atoms with Crippen molar-refractivity contribution in [2.24, 2.45) is 5.92 Å². The number of rotatable bonds is 7. The zero-order valence-corrected chi connectivity index (χ0v) is 11.1. The maximum absolute atomic E-state index is 11.9. The van der Waals surface area contributed by atoms with Gasteiger partial charge in [-0.05, 0) is 5.92 Å². The highest BCUT2D eigenvalue weighted by Crippen LogP contribution is 2.13. The Kier molecular flexibility index (Phi) is 7.01. The van der Waals surface area contributed by atoms with Crippen LogP contribution >= 0.6 is 0 Å². The highest BCUT2D eigenvalue weighted by molar-refractivity contribution is 5.85. The summed E-state index contributed by atoms with van der Waals surface area (Å²) in [4.78, 5) is 32.8. The van der Waals surface area contributed by atoms with Crippen molar-refractivity contribution in [2.75, 3.05) is 6.54 Å². The molecule has 0 aromatic heterocycles. The molecule has 2 unspecified atom stereocenters. The van der Waals surface area contributed by atoms with E-state index in [1.165, 1.54) is 5.32 Å². The quantitative estimate of drug-likeness (QED) is 0.644. The lowest BCUT2D eigenvalue weighted by Gasteiger charge is -2.20. The Hall–Kier alpha value is -1.80. The molecule has 0 saturated carbocycles. The lowest BCUT2D eigenvalue weighted by molar-refractivity contribution is -0.173. The second-order valence-electron chi connectivity index (χ2n) is 4.27. The molecule has 3 N–H and O–H groups in total. The van der Waals surface area contributed by atoms with E-state index in [1.807, 2.05) is 0 Å². The van der Waals surface area contributed by atoms with E-state index in [0.29, 0.717) is 6.42 Å². The number of alkyl halides is 3. The van der Waals surface area contributed by atoms with Crippen LogP contribution < -0.4 is 10.6 Å². The molecule has 2 amide bonds. The minimum absolute atomic E-state index is 0.318. The third-order valence-corrected chi connectivity index (χ3v) is 2.69. The standard InChI is InChI=1S/C11H17F3N2O4/c1-3-6(2)8(9(18)19)16-7(17)4-5-15-10(20)11(12,13)14/h6,8H,3-5H2,1-2H3,(H,15,20)(H,16,17)(H,18,19). The van der Waals surface area contributed by atoms with Gasteiger partial charge in [0.1, 0.15) is 6.04 Å². The molecule has 2 atom stereocenters. The molecule has 20 heavy (non-hydrogen) atoms. The van der Waals surface area contributed by atoms with Crippen LogP contribution in [0.5, 0.6) is 0 Å². The zero-order chi connectivity index (χ0) is 15.9. The van der Waals surface area contributed by atoms with Gasteiger partial charge in [0.2, 0.25) is 5.91 Å². The van der Waals surface area contributed by atoms with Gasteiger partial charge >= 0.3 is 18.1 Å². The molecular formula is C11H17F3N2O4. The van der Waals surface area contributed by atoms with Gasteiger partial charge in [0.25, 0.3) is 0 Å². The number of amides is 2. The number of carbonyl (C=O) groups excluding carboxylic acids is 2. The van der Waals surface area contributed by atoms with Gasteiger partial charge in [0, 0.05) is 13.0 Å². The summed E-state index contributed by atoms with van der Waals surface area (Å²) in [5.74, 6) is -4.41. The molecule has 0 aliphatic rings. The normalized spacial score (nSPS) is 14.2. The summed E-state index contributed by atoms with van der Waals surface area (Å²) in [5, 5.41) is 12.6. The van der Waals surface area contributed by atoms with Crippen molar-refractivity contribution in [3.05, 3.63) is 0 Å². The lowest BCUT2D eigenvalue weighted by Crippen LogP contribution is -2.46. The molecular weight excluding hydrogens is 281 g/mol. The Bertz CT molecular complexity index is 371. The number of carbonyl (C=O) groups is 3. The van der Waals surface area contributed by atoms with E-state index in [1.54, 1.807) is 13.8 Å². The van der Waals surface area contributed by atoms with E-state index in [9.17, 15) is 27.6 Å². The zero-order valence-electron chi connectivity index (χ0n) is 11.1. The molecule has 0 aliphatic heterocycles. The van der Waals surface area contributed by atoms with Gasteiger partial charge < -0.3 is 15.7 Å². The summed E-state index contributed by atoms with van der Waals surface area (Å²) in [7, 11) is 0. The first-order chi connectivity index (χ1) is 9.09. The molecule has 0 aromatic carbocycles. The van der Waals surface area contributed by atoms with Gasteiger partial charge in [0.15, 0.2) is 0 Å². The fourth-order valence-corrected chi connectivity index (χ4v) is 1.32. The Morgan fingerprint density at radius 2 is 1.80 bits per heavy atom. The van der Waals surface area contributed by atoms with Crippen LogP contribution in [0.1, 0.15) is 26.7 Å². The highest BCUT2D eigenvalue weighted by atomic mass is 19.4. The van der Waals surface area contributed by atoms with E-state index in [-0.39, 0.29) is 5.92 Å². The highest BCUT2D eigenvalue weighted by Gasteiger charge is 2.38. The first-order valence-electron chi connectivity index (χ1n) is 5.96. The average molecular weight is 298 g/mol. The minimum Gasteiger partial charge on any atom is -0.480 e. The maximum atomic E-state index is 11.9.